The fourth-order valence-electron chi connectivity index (χ4n) is 2.20. The number of hydrogen-bond donors (Lipinski definition) is 1. The maximum Gasteiger partial charge on any atom is 0.224 e. The van der Waals surface area contributed by atoms with E-state index in [0.717, 1.165) is 32.0 Å². The molecule has 1 aliphatic heterocycles. The third kappa shape index (κ3) is 2.72. The Kier molecular flexibility index (Phi) is 3.71. The van der Waals surface area contributed by atoms with E-state index >= 15 is 0 Å². The zero-order valence-electron chi connectivity index (χ0n) is 11.8. The van der Waals surface area contributed by atoms with Crippen molar-refractivity contribution in [2.45, 2.75) is 26.3 Å². The van der Waals surface area contributed by atoms with Gasteiger partial charge in [-0.25, -0.2) is 4.98 Å². The molecule has 1 aromatic rings. The van der Waals surface area contributed by atoms with Crippen molar-refractivity contribution < 1.29 is 0 Å². The van der Waals surface area contributed by atoms with Gasteiger partial charge in [0.1, 0.15) is 5.82 Å². The molecule has 18 heavy (non-hydrogen) atoms. The molecule has 1 aliphatic rings. The first-order valence-corrected chi connectivity index (χ1v) is 6.56. The molecular weight excluding hydrogens is 226 g/mol. The molecular formula is C13H23N5. The molecule has 2 rings (SSSR count). The van der Waals surface area contributed by atoms with Gasteiger partial charge in [-0.3, -0.25) is 4.90 Å². The molecule has 0 unspecified atom stereocenters. The van der Waals surface area contributed by atoms with Crippen LogP contribution in [-0.2, 0) is 0 Å². The van der Waals surface area contributed by atoms with Crippen molar-refractivity contribution in [1.82, 2.24) is 14.9 Å². The quantitative estimate of drug-likeness (QED) is 0.878. The maximum atomic E-state index is 4.56. The molecule has 1 aromatic heterocycles. The lowest BCUT2D eigenvalue weighted by molar-refractivity contribution is 0.138. The van der Waals surface area contributed by atoms with Crippen LogP contribution in [-0.4, -0.2) is 53.6 Å². The van der Waals surface area contributed by atoms with Gasteiger partial charge < -0.3 is 10.2 Å². The number of likely N-dealkylation sites (N-methyl/N-ethyl adjacent to an activating group) is 1. The van der Waals surface area contributed by atoms with Crippen LogP contribution >= 0.6 is 0 Å². The van der Waals surface area contributed by atoms with Crippen molar-refractivity contribution in [2.24, 2.45) is 0 Å². The monoisotopic (exact) mass is 249 g/mol. The summed E-state index contributed by atoms with van der Waals surface area (Å²) in [6.07, 6.45) is 1.83. The number of hydrogen-bond acceptors (Lipinski definition) is 5. The van der Waals surface area contributed by atoms with Gasteiger partial charge in [-0.1, -0.05) is 0 Å². The first-order chi connectivity index (χ1) is 8.53. The van der Waals surface area contributed by atoms with Crippen LogP contribution in [0.1, 0.15) is 20.8 Å². The molecule has 0 aliphatic carbocycles. The molecule has 1 fully saturated rings. The molecule has 0 amide bonds. The Morgan fingerprint density at radius 1 is 1.39 bits per heavy atom. The van der Waals surface area contributed by atoms with Crippen LogP contribution in [0.2, 0.25) is 0 Å². The fourth-order valence-corrected chi connectivity index (χ4v) is 2.20. The Balaban J connectivity index is 2.14. The van der Waals surface area contributed by atoms with Gasteiger partial charge in [0, 0.05) is 37.9 Å². The number of aromatic nitrogens is 2. The number of nitrogens with zero attached hydrogens (tertiary/aromatic N) is 4. The van der Waals surface area contributed by atoms with Gasteiger partial charge >= 0.3 is 0 Å². The highest BCUT2D eigenvalue weighted by molar-refractivity contribution is 5.43. The third-order valence-electron chi connectivity index (χ3n) is 3.62. The second kappa shape index (κ2) is 5.10. The van der Waals surface area contributed by atoms with Gasteiger partial charge in [-0.2, -0.15) is 4.98 Å². The van der Waals surface area contributed by atoms with Crippen molar-refractivity contribution in [3.8, 4) is 0 Å². The van der Waals surface area contributed by atoms with Crippen LogP contribution in [0.25, 0.3) is 0 Å². The van der Waals surface area contributed by atoms with Gasteiger partial charge in [0.25, 0.3) is 0 Å². The Morgan fingerprint density at radius 3 is 2.83 bits per heavy atom. The van der Waals surface area contributed by atoms with Gasteiger partial charge in [0.2, 0.25) is 5.95 Å². The topological polar surface area (TPSA) is 44.3 Å². The molecule has 0 bridgehead atoms. The lowest BCUT2D eigenvalue weighted by Crippen LogP contribution is -2.57. The van der Waals surface area contributed by atoms with E-state index in [1.165, 1.54) is 0 Å². The van der Waals surface area contributed by atoms with Crippen LogP contribution in [0, 0.1) is 0 Å². The minimum absolute atomic E-state index is 0.182. The van der Waals surface area contributed by atoms with Crippen LogP contribution < -0.4 is 10.2 Å². The van der Waals surface area contributed by atoms with E-state index in [1.807, 2.05) is 12.3 Å². The Hall–Kier alpha value is -1.36. The van der Waals surface area contributed by atoms with Gasteiger partial charge in [-0.05, 0) is 33.9 Å². The second-order valence-electron chi connectivity index (χ2n) is 5.42. The van der Waals surface area contributed by atoms with Crippen molar-refractivity contribution >= 4 is 11.8 Å². The largest absolute Gasteiger partial charge is 0.354 e. The molecule has 100 valence electrons. The SMILES string of the molecule is CCNc1nccc(N2CCN(C)C(C)(C)C2)n1. The lowest BCUT2D eigenvalue weighted by atomic mass is 10.00. The zero-order valence-corrected chi connectivity index (χ0v) is 11.8. The van der Waals surface area contributed by atoms with Gasteiger partial charge in [-0.15, -0.1) is 0 Å². The van der Waals surface area contributed by atoms with E-state index in [1.54, 1.807) is 0 Å². The minimum Gasteiger partial charge on any atom is -0.354 e. The van der Waals surface area contributed by atoms with Crippen molar-refractivity contribution in [3.05, 3.63) is 12.3 Å². The number of piperazine rings is 1. The molecule has 0 radical (unpaired) electrons. The van der Waals surface area contributed by atoms with E-state index in [2.05, 4.69) is 52.9 Å². The first-order valence-electron chi connectivity index (χ1n) is 6.56. The molecule has 0 saturated carbocycles. The smallest absolute Gasteiger partial charge is 0.224 e. The predicted octanol–water partition coefficient (Wildman–Crippen LogP) is 1.44. The average Bonchev–Trinajstić information content (AvgIpc) is 2.33. The second-order valence-corrected chi connectivity index (χ2v) is 5.42. The summed E-state index contributed by atoms with van der Waals surface area (Å²) in [6, 6.07) is 1.99. The molecule has 0 atom stereocenters. The summed E-state index contributed by atoms with van der Waals surface area (Å²) in [5.74, 6) is 1.73. The van der Waals surface area contributed by atoms with Crippen LogP contribution in [0.5, 0.6) is 0 Å². The van der Waals surface area contributed by atoms with E-state index in [4.69, 9.17) is 0 Å². The highest BCUT2D eigenvalue weighted by Crippen LogP contribution is 2.23. The normalized spacial score (nSPS) is 19.9. The summed E-state index contributed by atoms with van der Waals surface area (Å²) in [5, 5.41) is 3.16. The summed E-state index contributed by atoms with van der Waals surface area (Å²) < 4.78 is 0. The predicted molar refractivity (Wildman–Crippen MR) is 75.1 cm³/mol. The maximum absolute atomic E-state index is 4.56. The molecule has 0 spiro atoms. The fraction of sp³-hybridized carbons (Fsp3) is 0.692. The Labute approximate surface area is 109 Å². The van der Waals surface area contributed by atoms with Crippen LogP contribution in [0.3, 0.4) is 0 Å². The molecule has 1 N–H and O–H groups in total. The highest BCUT2D eigenvalue weighted by Gasteiger charge is 2.31. The van der Waals surface area contributed by atoms with E-state index < -0.39 is 0 Å². The van der Waals surface area contributed by atoms with E-state index in [0.29, 0.717) is 5.95 Å². The molecule has 0 aromatic carbocycles. The van der Waals surface area contributed by atoms with Crippen LogP contribution in [0.15, 0.2) is 12.3 Å². The number of nitrogens with one attached hydrogen (secondary N) is 1. The number of anilines is 2. The highest BCUT2D eigenvalue weighted by atomic mass is 15.3. The molecule has 5 nitrogen and oxygen atoms in total. The zero-order chi connectivity index (χ0) is 13.2. The summed E-state index contributed by atoms with van der Waals surface area (Å²) >= 11 is 0. The summed E-state index contributed by atoms with van der Waals surface area (Å²) in [6.45, 7) is 10.5. The van der Waals surface area contributed by atoms with Crippen LogP contribution in [0.4, 0.5) is 11.8 Å². The van der Waals surface area contributed by atoms with E-state index in [-0.39, 0.29) is 5.54 Å². The molecule has 2 heterocycles. The molecule has 5 heteroatoms. The average molecular weight is 249 g/mol. The first kappa shape index (κ1) is 13.1. The summed E-state index contributed by atoms with van der Waals surface area (Å²) in [4.78, 5) is 13.5. The van der Waals surface area contributed by atoms with Gasteiger partial charge in [0.05, 0.1) is 0 Å². The van der Waals surface area contributed by atoms with Crippen molar-refractivity contribution in [2.75, 3.05) is 43.4 Å². The summed E-state index contributed by atoms with van der Waals surface area (Å²) in [7, 11) is 2.18. The standard InChI is InChI=1S/C13H23N5/c1-5-14-12-15-7-6-11(16-12)18-9-8-17(4)13(2,3)10-18/h6-7H,5,8-10H2,1-4H3,(H,14,15,16). The lowest BCUT2D eigenvalue weighted by Gasteiger charge is -2.45. The molecule has 1 saturated heterocycles. The Morgan fingerprint density at radius 2 is 2.17 bits per heavy atom. The van der Waals surface area contributed by atoms with Crippen molar-refractivity contribution in [3.63, 3.8) is 0 Å². The number of rotatable bonds is 3. The Bertz CT molecular complexity index is 404. The third-order valence-corrected chi connectivity index (χ3v) is 3.62. The summed E-state index contributed by atoms with van der Waals surface area (Å²) in [5.41, 5.74) is 0.182. The minimum atomic E-state index is 0.182. The van der Waals surface area contributed by atoms with E-state index in [9.17, 15) is 0 Å². The van der Waals surface area contributed by atoms with Crippen molar-refractivity contribution in [1.29, 1.82) is 0 Å². The van der Waals surface area contributed by atoms with Gasteiger partial charge in [0.15, 0.2) is 0 Å².